The molecule has 3 unspecified atom stereocenters. The number of hydrogen-bond acceptors (Lipinski definition) is 4. The standard InChI is InChI=1S/C26H34N2O3S/c1-4-26(21-11-8-12-22(13-21)27-32(3,30)31)23-16-28(17-24(23)26)18(2)25(29)14-20(15-25)19-9-6-5-7-10-19/h5-13,18,20,23-24,27,29H,4,14-17H2,1-3H3. The summed E-state index contributed by atoms with van der Waals surface area (Å²) in [6, 6.07) is 18.6. The predicted octanol–water partition coefficient (Wildman–Crippen LogP) is 3.96. The van der Waals surface area contributed by atoms with Crippen LogP contribution in [0.25, 0.3) is 0 Å². The van der Waals surface area contributed by atoms with Crippen molar-refractivity contribution in [1.29, 1.82) is 0 Å². The lowest BCUT2D eigenvalue weighted by molar-refractivity contribution is -0.106. The average Bonchev–Trinajstić information content (AvgIpc) is 3.11. The topological polar surface area (TPSA) is 69.6 Å². The number of rotatable bonds is 7. The molecule has 2 aromatic rings. The van der Waals surface area contributed by atoms with Crippen molar-refractivity contribution in [3.63, 3.8) is 0 Å². The maximum absolute atomic E-state index is 11.7. The molecule has 0 spiro atoms. The number of likely N-dealkylation sites (tertiary alicyclic amines) is 1. The number of anilines is 1. The minimum absolute atomic E-state index is 0.125. The Morgan fingerprint density at radius 2 is 1.75 bits per heavy atom. The monoisotopic (exact) mass is 454 g/mol. The van der Waals surface area contributed by atoms with E-state index in [9.17, 15) is 13.5 Å². The van der Waals surface area contributed by atoms with Crippen molar-refractivity contribution in [3.05, 3.63) is 65.7 Å². The minimum Gasteiger partial charge on any atom is -0.388 e. The molecule has 0 radical (unpaired) electrons. The highest BCUT2D eigenvalue weighted by Gasteiger charge is 2.68. The van der Waals surface area contributed by atoms with Gasteiger partial charge in [-0.1, -0.05) is 49.4 Å². The Kier molecular flexibility index (Phi) is 5.19. The first-order chi connectivity index (χ1) is 15.2. The van der Waals surface area contributed by atoms with Gasteiger partial charge in [0.25, 0.3) is 0 Å². The highest BCUT2D eigenvalue weighted by molar-refractivity contribution is 7.92. The highest BCUT2D eigenvalue weighted by Crippen LogP contribution is 2.66. The molecule has 32 heavy (non-hydrogen) atoms. The van der Waals surface area contributed by atoms with Crippen LogP contribution >= 0.6 is 0 Å². The van der Waals surface area contributed by atoms with Crippen LogP contribution in [0.1, 0.15) is 50.2 Å². The first-order valence-electron chi connectivity index (χ1n) is 11.8. The fraction of sp³-hybridized carbons (Fsp3) is 0.538. The second-order valence-corrected chi connectivity index (χ2v) is 12.1. The summed E-state index contributed by atoms with van der Waals surface area (Å²) in [6.45, 7) is 6.44. The lowest BCUT2D eigenvalue weighted by atomic mass is 9.64. The Bertz CT molecular complexity index is 1080. The van der Waals surface area contributed by atoms with E-state index in [1.54, 1.807) is 0 Å². The molecule has 1 aliphatic heterocycles. The van der Waals surface area contributed by atoms with Gasteiger partial charge in [-0.05, 0) is 67.2 Å². The predicted molar refractivity (Wildman–Crippen MR) is 128 cm³/mol. The maximum atomic E-state index is 11.7. The number of aliphatic hydroxyl groups is 1. The van der Waals surface area contributed by atoms with Crippen molar-refractivity contribution in [1.82, 2.24) is 4.90 Å². The van der Waals surface area contributed by atoms with Gasteiger partial charge in [0.2, 0.25) is 10.0 Å². The number of benzene rings is 2. The van der Waals surface area contributed by atoms with Gasteiger partial charge < -0.3 is 5.11 Å². The van der Waals surface area contributed by atoms with E-state index >= 15 is 0 Å². The summed E-state index contributed by atoms with van der Waals surface area (Å²) in [5.74, 6) is 1.59. The molecule has 5 rings (SSSR count). The quantitative estimate of drug-likeness (QED) is 0.664. The number of nitrogens with zero attached hydrogens (tertiary/aromatic N) is 1. The smallest absolute Gasteiger partial charge is 0.229 e. The summed E-state index contributed by atoms with van der Waals surface area (Å²) >= 11 is 0. The number of piperidine rings is 1. The Labute approximate surface area is 191 Å². The Morgan fingerprint density at radius 1 is 1.09 bits per heavy atom. The summed E-state index contributed by atoms with van der Waals surface area (Å²) in [6.07, 6.45) is 3.91. The van der Waals surface area contributed by atoms with Crippen molar-refractivity contribution < 1.29 is 13.5 Å². The van der Waals surface area contributed by atoms with Crippen molar-refractivity contribution in [2.24, 2.45) is 11.8 Å². The van der Waals surface area contributed by atoms with Crippen LogP contribution < -0.4 is 4.72 Å². The number of hydrogen-bond donors (Lipinski definition) is 2. The van der Waals surface area contributed by atoms with Crippen LogP contribution in [0, 0.1) is 11.8 Å². The SMILES string of the molecule is CCC1(c2cccc(NS(C)(=O)=O)c2)C2CN(C(C)C3(O)CC(c4ccccc4)C3)CC21. The molecule has 2 aromatic carbocycles. The fourth-order valence-electron chi connectivity index (χ4n) is 6.76. The first kappa shape index (κ1) is 21.9. The van der Waals surface area contributed by atoms with Crippen LogP contribution in [0.3, 0.4) is 0 Å². The first-order valence-corrected chi connectivity index (χ1v) is 13.6. The summed E-state index contributed by atoms with van der Waals surface area (Å²) in [7, 11) is -3.29. The fourth-order valence-corrected chi connectivity index (χ4v) is 7.31. The van der Waals surface area contributed by atoms with Crippen molar-refractivity contribution in [2.45, 2.75) is 56.1 Å². The molecule has 0 aromatic heterocycles. The third-order valence-electron chi connectivity index (χ3n) is 8.65. The van der Waals surface area contributed by atoms with Gasteiger partial charge in [0, 0.05) is 30.2 Å². The summed E-state index contributed by atoms with van der Waals surface area (Å²) in [5, 5.41) is 11.3. The number of fused-ring (bicyclic) bond motifs is 1. The summed E-state index contributed by atoms with van der Waals surface area (Å²) < 4.78 is 25.9. The highest BCUT2D eigenvalue weighted by atomic mass is 32.2. The lowest BCUT2D eigenvalue weighted by Gasteiger charge is -2.51. The molecule has 0 bridgehead atoms. The van der Waals surface area contributed by atoms with Crippen LogP contribution in [-0.2, 0) is 15.4 Å². The molecule has 2 aliphatic carbocycles. The molecule has 5 nitrogen and oxygen atoms in total. The van der Waals surface area contributed by atoms with Gasteiger partial charge in [-0.2, -0.15) is 0 Å². The molecule has 1 heterocycles. The van der Waals surface area contributed by atoms with Gasteiger partial charge in [0.1, 0.15) is 0 Å². The Hall–Kier alpha value is -1.89. The molecule has 3 atom stereocenters. The Morgan fingerprint density at radius 3 is 2.34 bits per heavy atom. The zero-order valence-corrected chi connectivity index (χ0v) is 20.0. The van der Waals surface area contributed by atoms with Crippen LogP contribution in [0.5, 0.6) is 0 Å². The second-order valence-electron chi connectivity index (χ2n) is 10.3. The third-order valence-corrected chi connectivity index (χ3v) is 9.25. The van der Waals surface area contributed by atoms with Crippen LogP contribution in [0.2, 0.25) is 0 Å². The van der Waals surface area contributed by atoms with E-state index < -0.39 is 15.6 Å². The molecule has 6 heteroatoms. The van der Waals surface area contributed by atoms with E-state index in [4.69, 9.17) is 0 Å². The van der Waals surface area contributed by atoms with E-state index in [0.717, 1.165) is 32.4 Å². The average molecular weight is 455 g/mol. The van der Waals surface area contributed by atoms with E-state index in [2.05, 4.69) is 53.8 Å². The van der Waals surface area contributed by atoms with E-state index in [-0.39, 0.29) is 11.5 Å². The lowest BCUT2D eigenvalue weighted by Crippen LogP contribution is -2.58. The van der Waals surface area contributed by atoms with Crippen LogP contribution in [0.15, 0.2) is 54.6 Å². The maximum Gasteiger partial charge on any atom is 0.229 e. The third kappa shape index (κ3) is 3.57. The van der Waals surface area contributed by atoms with E-state index in [0.29, 0.717) is 23.4 Å². The number of sulfonamides is 1. The van der Waals surface area contributed by atoms with Crippen LogP contribution in [0.4, 0.5) is 5.69 Å². The van der Waals surface area contributed by atoms with Gasteiger partial charge in [-0.3, -0.25) is 9.62 Å². The number of nitrogens with one attached hydrogen (secondary N) is 1. The molecule has 2 saturated carbocycles. The largest absolute Gasteiger partial charge is 0.388 e. The van der Waals surface area contributed by atoms with Crippen molar-refractivity contribution in [3.8, 4) is 0 Å². The van der Waals surface area contributed by atoms with Gasteiger partial charge in [0.05, 0.1) is 11.9 Å². The summed E-state index contributed by atoms with van der Waals surface area (Å²) in [5.41, 5.74) is 2.73. The van der Waals surface area contributed by atoms with Gasteiger partial charge in [0.15, 0.2) is 0 Å². The minimum atomic E-state index is -3.29. The normalized spacial score (nSPS) is 35.1. The molecule has 172 valence electrons. The second kappa shape index (κ2) is 7.57. The van der Waals surface area contributed by atoms with Gasteiger partial charge >= 0.3 is 0 Å². The molecule has 1 saturated heterocycles. The molecule has 3 aliphatic rings. The molecule has 3 fully saturated rings. The molecule has 2 N–H and O–H groups in total. The zero-order chi connectivity index (χ0) is 22.7. The molecular weight excluding hydrogens is 420 g/mol. The van der Waals surface area contributed by atoms with Crippen LogP contribution in [-0.4, -0.2) is 49.4 Å². The van der Waals surface area contributed by atoms with Gasteiger partial charge in [-0.25, -0.2) is 8.42 Å². The Balaban J connectivity index is 1.25. The van der Waals surface area contributed by atoms with E-state index in [1.165, 1.54) is 17.4 Å². The van der Waals surface area contributed by atoms with Crippen molar-refractivity contribution in [2.75, 3.05) is 24.1 Å². The molecular formula is C26H34N2O3S. The summed E-state index contributed by atoms with van der Waals surface area (Å²) in [4.78, 5) is 2.49. The van der Waals surface area contributed by atoms with Crippen molar-refractivity contribution >= 4 is 15.7 Å². The van der Waals surface area contributed by atoms with E-state index in [1.807, 2.05) is 24.3 Å². The zero-order valence-electron chi connectivity index (χ0n) is 19.2. The van der Waals surface area contributed by atoms with Gasteiger partial charge in [-0.15, -0.1) is 0 Å². The molecule has 0 amide bonds.